The molecule has 0 aliphatic rings. The molecule has 0 aliphatic carbocycles. The third kappa shape index (κ3) is 3.82. The molecule has 0 amide bonds. The molecule has 0 saturated heterocycles. The van der Waals surface area contributed by atoms with Crippen LogP contribution in [0.2, 0.25) is 19.6 Å². The molecule has 0 spiro atoms. The summed E-state index contributed by atoms with van der Waals surface area (Å²) in [7, 11) is -1.40. The maximum Gasteiger partial charge on any atom is 0.129 e. The van der Waals surface area contributed by atoms with Gasteiger partial charge in [-0.25, -0.2) is 0 Å². The highest BCUT2D eigenvalue weighted by atomic mass is 28.3. The van der Waals surface area contributed by atoms with Gasteiger partial charge >= 0.3 is 0 Å². The predicted molar refractivity (Wildman–Crippen MR) is 70.2 cm³/mol. The molecule has 1 aromatic carbocycles. The third-order valence-electron chi connectivity index (χ3n) is 1.88. The van der Waals surface area contributed by atoms with Crippen LogP contribution in [-0.2, 0) is 0 Å². The second-order valence-electron chi connectivity index (χ2n) is 4.71. The van der Waals surface area contributed by atoms with Crippen molar-refractivity contribution in [1.82, 2.24) is 0 Å². The van der Waals surface area contributed by atoms with Crippen molar-refractivity contribution in [2.75, 3.05) is 0 Å². The smallest absolute Gasteiger partial charge is 0.127 e. The Morgan fingerprint density at radius 3 is 2.56 bits per heavy atom. The third-order valence-corrected chi connectivity index (χ3v) is 2.75. The van der Waals surface area contributed by atoms with Gasteiger partial charge in [-0.2, -0.15) is 0 Å². The lowest BCUT2D eigenvalue weighted by molar-refractivity contribution is 1.39. The van der Waals surface area contributed by atoms with Crippen molar-refractivity contribution in [1.29, 1.82) is 0 Å². The summed E-state index contributed by atoms with van der Waals surface area (Å²) in [4.78, 5) is 2.81. The maximum absolute atomic E-state index is 8.46. The monoisotopic (exact) mass is 229 g/mol. The number of hydrogen-bond donors (Lipinski definition) is 0. The van der Waals surface area contributed by atoms with Gasteiger partial charge in [0, 0.05) is 10.5 Å². The number of azide groups is 1. The Morgan fingerprint density at radius 1 is 1.31 bits per heavy atom. The predicted octanol–water partition coefficient (Wildman–Crippen LogP) is 4.17. The van der Waals surface area contributed by atoms with Crippen LogP contribution in [0.15, 0.2) is 23.3 Å². The van der Waals surface area contributed by atoms with E-state index in [0.717, 1.165) is 11.1 Å². The molecule has 0 fully saturated rings. The van der Waals surface area contributed by atoms with E-state index in [-0.39, 0.29) is 0 Å². The number of nitrogens with zero attached hydrogens (tertiary/aromatic N) is 3. The Balaban J connectivity index is 3.24. The first-order valence-corrected chi connectivity index (χ1v) is 8.61. The highest BCUT2D eigenvalue weighted by molar-refractivity contribution is 6.83. The quantitative estimate of drug-likeness (QED) is 0.228. The fourth-order valence-electron chi connectivity index (χ4n) is 1.14. The van der Waals surface area contributed by atoms with E-state index in [0.29, 0.717) is 5.69 Å². The second-order valence-corrected chi connectivity index (χ2v) is 9.46. The summed E-state index contributed by atoms with van der Waals surface area (Å²) >= 11 is 0. The van der Waals surface area contributed by atoms with Gasteiger partial charge in [0.15, 0.2) is 0 Å². The molecule has 0 heterocycles. The van der Waals surface area contributed by atoms with Crippen molar-refractivity contribution in [3.8, 4) is 11.5 Å². The van der Waals surface area contributed by atoms with Gasteiger partial charge in [-0.3, -0.25) is 0 Å². The summed E-state index contributed by atoms with van der Waals surface area (Å²) in [5.41, 5.74) is 14.3. The van der Waals surface area contributed by atoms with Gasteiger partial charge in [0.2, 0.25) is 0 Å². The molecular weight excluding hydrogens is 214 g/mol. The first-order chi connectivity index (χ1) is 7.42. The number of hydrogen-bond acceptors (Lipinski definition) is 1. The minimum atomic E-state index is -1.40. The van der Waals surface area contributed by atoms with Gasteiger partial charge in [0.05, 0.1) is 5.69 Å². The molecule has 0 saturated carbocycles. The van der Waals surface area contributed by atoms with Crippen LogP contribution < -0.4 is 0 Å². The molecule has 0 radical (unpaired) electrons. The zero-order valence-corrected chi connectivity index (χ0v) is 11.1. The van der Waals surface area contributed by atoms with Gasteiger partial charge in [0.1, 0.15) is 8.07 Å². The second kappa shape index (κ2) is 4.89. The zero-order valence-electron chi connectivity index (χ0n) is 10.1. The number of aryl methyl sites for hydroxylation is 1. The van der Waals surface area contributed by atoms with Crippen LogP contribution in [0.5, 0.6) is 0 Å². The van der Waals surface area contributed by atoms with Crippen LogP contribution in [0.3, 0.4) is 0 Å². The van der Waals surface area contributed by atoms with Crippen molar-refractivity contribution >= 4 is 13.8 Å². The van der Waals surface area contributed by atoms with Crippen molar-refractivity contribution < 1.29 is 0 Å². The molecule has 82 valence electrons. The minimum absolute atomic E-state index is 0.610. The molecular formula is C12H15N3Si. The molecule has 0 unspecified atom stereocenters. The molecule has 1 aromatic rings. The SMILES string of the molecule is Cc1ccc(N=[N+]=[N-])c(C#C[Si](C)(C)C)c1. The molecule has 0 N–H and O–H groups in total. The molecule has 0 atom stereocenters. The van der Waals surface area contributed by atoms with Crippen LogP contribution in [0.1, 0.15) is 11.1 Å². The Morgan fingerprint density at radius 2 is 2.00 bits per heavy atom. The lowest BCUT2D eigenvalue weighted by Crippen LogP contribution is -2.16. The van der Waals surface area contributed by atoms with Crippen LogP contribution in [0.25, 0.3) is 10.4 Å². The highest BCUT2D eigenvalue weighted by Gasteiger charge is 2.08. The van der Waals surface area contributed by atoms with E-state index in [9.17, 15) is 0 Å². The number of rotatable bonds is 1. The fourth-order valence-corrected chi connectivity index (χ4v) is 1.65. The summed E-state index contributed by atoms with van der Waals surface area (Å²) in [5.74, 6) is 3.13. The van der Waals surface area contributed by atoms with Crippen LogP contribution in [0, 0.1) is 18.4 Å². The summed E-state index contributed by atoms with van der Waals surface area (Å²) < 4.78 is 0. The van der Waals surface area contributed by atoms with E-state index in [1.54, 1.807) is 0 Å². The van der Waals surface area contributed by atoms with E-state index < -0.39 is 8.07 Å². The van der Waals surface area contributed by atoms with E-state index in [2.05, 4.69) is 41.1 Å². The van der Waals surface area contributed by atoms with Crippen LogP contribution in [-0.4, -0.2) is 8.07 Å². The van der Waals surface area contributed by atoms with Crippen molar-refractivity contribution in [3.63, 3.8) is 0 Å². The van der Waals surface area contributed by atoms with E-state index in [1.165, 1.54) is 0 Å². The van der Waals surface area contributed by atoms with E-state index >= 15 is 0 Å². The molecule has 0 aliphatic heterocycles. The highest BCUT2D eigenvalue weighted by Crippen LogP contribution is 2.20. The molecule has 0 aromatic heterocycles. The standard InChI is InChI=1S/C12H15N3Si/c1-10-5-6-12(14-15-13)11(9-10)7-8-16(2,3)4/h5-6,9H,1-4H3. The average Bonchev–Trinajstić information content (AvgIpc) is 2.17. The fraction of sp³-hybridized carbons (Fsp3) is 0.333. The summed E-state index contributed by atoms with van der Waals surface area (Å²) in [6.45, 7) is 8.55. The van der Waals surface area contributed by atoms with E-state index in [1.807, 2.05) is 25.1 Å². The average molecular weight is 229 g/mol. The van der Waals surface area contributed by atoms with E-state index in [4.69, 9.17) is 5.53 Å². The topological polar surface area (TPSA) is 48.8 Å². The zero-order chi connectivity index (χ0) is 12.2. The summed E-state index contributed by atoms with van der Waals surface area (Å²) in [6, 6.07) is 5.68. The van der Waals surface area contributed by atoms with Crippen molar-refractivity contribution in [2.24, 2.45) is 5.11 Å². The van der Waals surface area contributed by atoms with Crippen molar-refractivity contribution in [2.45, 2.75) is 26.6 Å². The first kappa shape index (κ1) is 12.4. The summed E-state index contributed by atoms with van der Waals surface area (Å²) in [6.07, 6.45) is 0. The number of benzene rings is 1. The first-order valence-electron chi connectivity index (χ1n) is 5.11. The van der Waals surface area contributed by atoms with Gasteiger partial charge in [-0.15, -0.1) is 5.54 Å². The lowest BCUT2D eigenvalue weighted by Gasteiger charge is -2.04. The summed E-state index contributed by atoms with van der Waals surface area (Å²) in [5, 5.41) is 3.64. The molecule has 3 nitrogen and oxygen atoms in total. The minimum Gasteiger partial charge on any atom is -0.127 e. The molecule has 0 bridgehead atoms. The maximum atomic E-state index is 8.46. The Hall–Kier alpha value is -1.69. The Labute approximate surface area is 97.1 Å². The Kier molecular flexibility index (Phi) is 3.78. The normalized spacial score (nSPS) is 10.0. The van der Waals surface area contributed by atoms with Gasteiger partial charge in [0.25, 0.3) is 0 Å². The molecule has 16 heavy (non-hydrogen) atoms. The largest absolute Gasteiger partial charge is 0.129 e. The Bertz CT molecular complexity index is 497. The lowest BCUT2D eigenvalue weighted by atomic mass is 10.1. The molecule has 4 heteroatoms. The van der Waals surface area contributed by atoms with Gasteiger partial charge in [-0.05, 0) is 24.1 Å². The molecule has 1 rings (SSSR count). The van der Waals surface area contributed by atoms with Gasteiger partial charge in [-0.1, -0.05) is 42.8 Å². The van der Waals surface area contributed by atoms with Crippen molar-refractivity contribution in [3.05, 3.63) is 39.8 Å². The van der Waals surface area contributed by atoms with Crippen LogP contribution in [0.4, 0.5) is 5.69 Å². The van der Waals surface area contributed by atoms with Crippen LogP contribution >= 0.6 is 0 Å². The van der Waals surface area contributed by atoms with Gasteiger partial charge < -0.3 is 0 Å².